The number of aromatic amines is 1. The van der Waals surface area contributed by atoms with Crippen molar-refractivity contribution < 1.29 is 9.13 Å². The largest absolute Gasteiger partial charge is 0.365 e. The fourth-order valence-electron chi connectivity index (χ4n) is 6.29. The summed E-state index contributed by atoms with van der Waals surface area (Å²) in [7, 11) is 0. The lowest BCUT2D eigenvalue weighted by Gasteiger charge is -2.39. The highest BCUT2D eigenvalue weighted by Gasteiger charge is 2.32. The number of likely N-dealkylation sites (tertiary alicyclic amines) is 1. The molecule has 7 heteroatoms. The van der Waals surface area contributed by atoms with E-state index in [9.17, 15) is 9.65 Å². The highest BCUT2D eigenvalue weighted by atomic mass is 35.5. The lowest BCUT2D eigenvalue weighted by molar-refractivity contribution is -0.0275. The molecule has 1 saturated carbocycles. The Morgan fingerprint density at radius 3 is 2.54 bits per heavy atom. The van der Waals surface area contributed by atoms with Crippen LogP contribution in [-0.2, 0) is 11.3 Å². The highest BCUT2D eigenvalue weighted by Crippen LogP contribution is 2.37. The van der Waals surface area contributed by atoms with Gasteiger partial charge in [-0.3, -0.25) is 0 Å². The second-order valence-corrected chi connectivity index (χ2v) is 11.2. The van der Waals surface area contributed by atoms with Crippen LogP contribution in [0.25, 0.3) is 22.2 Å². The number of fused-ring (bicyclic) bond motifs is 1. The van der Waals surface area contributed by atoms with Gasteiger partial charge < -0.3 is 14.6 Å². The zero-order chi connectivity index (χ0) is 26.8. The summed E-state index contributed by atoms with van der Waals surface area (Å²) in [5.74, 6) is 0.576. The van der Waals surface area contributed by atoms with E-state index in [1.807, 2.05) is 24.3 Å². The van der Waals surface area contributed by atoms with Crippen LogP contribution in [0.15, 0.2) is 60.7 Å². The first-order chi connectivity index (χ1) is 19.1. The van der Waals surface area contributed by atoms with Gasteiger partial charge in [0, 0.05) is 12.1 Å². The minimum atomic E-state index is -0.476. The summed E-state index contributed by atoms with van der Waals surface area (Å²) in [6.07, 6.45) is 7.47. The van der Waals surface area contributed by atoms with Gasteiger partial charge in [0.15, 0.2) is 0 Å². The van der Waals surface area contributed by atoms with Crippen molar-refractivity contribution in [3.05, 3.63) is 88.5 Å². The van der Waals surface area contributed by atoms with Gasteiger partial charge in [0.2, 0.25) is 0 Å². The monoisotopic (exact) mass is 542 g/mol. The van der Waals surface area contributed by atoms with E-state index in [-0.39, 0.29) is 11.1 Å². The standard InChI is InChI=1S/C32H32ClFN4O/c33-27-17-29-30(18-28(27)34)37-31(36-29)20-39-32(24-12-14-38(15-13-24)26-6-1-2-7-26)23-10-8-22(9-11-23)25-5-3-4-21(16-25)19-35/h3-5,8-11,16-18,24,26,32H,1-2,6-7,12-15,20H2,(H,36,37). The van der Waals surface area contributed by atoms with Crippen molar-refractivity contribution in [3.8, 4) is 17.2 Å². The molecule has 3 aromatic carbocycles. The number of benzene rings is 3. The second-order valence-electron chi connectivity index (χ2n) is 10.8. The number of H-pyrrole nitrogens is 1. The third-order valence-electron chi connectivity index (χ3n) is 8.38. The van der Waals surface area contributed by atoms with Gasteiger partial charge in [-0.05, 0) is 79.6 Å². The molecule has 1 saturated heterocycles. The van der Waals surface area contributed by atoms with Gasteiger partial charge in [0.05, 0.1) is 33.8 Å². The Bertz CT molecular complexity index is 1440. The average molecular weight is 543 g/mol. The first-order valence-electron chi connectivity index (χ1n) is 13.9. The molecule has 1 aromatic heterocycles. The molecule has 6 rings (SSSR count). The molecule has 5 nitrogen and oxygen atoms in total. The summed E-state index contributed by atoms with van der Waals surface area (Å²) in [6.45, 7) is 2.51. The molecule has 1 aliphatic carbocycles. The van der Waals surface area contributed by atoms with E-state index in [1.54, 1.807) is 6.07 Å². The van der Waals surface area contributed by atoms with E-state index in [1.165, 1.54) is 31.7 Å². The fraction of sp³-hybridized carbons (Fsp3) is 0.375. The number of nitrogens with one attached hydrogen (secondary N) is 1. The van der Waals surface area contributed by atoms with E-state index in [0.717, 1.165) is 48.7 Å². The summed E-state index contributed by atoms with van der Waals surface area (Å²) in [5.41, 5.74) is 5.13. The SMILES string of the molecule is N#Cc1cccc(-c2ccc(C(OCc3nc4cc(F)c(Cl)cc4[nH]3)C3CCN(C4CCCC4)CC3)cc2)c1. The molecule has 1 aliphatic heterocycles. The number of nitrogens with zero attached hydrogens (tertiary/aromatic N) is 3. The predicted molar refractivity (Wildman–Crippen MR) is 152 cm³/mol. The molecule has 0 amide bonds. The lowest BCUT2D eigenvalue weighted by Crippen LogP contribution is -2.41. The van der Waals surface area contributed by atoms with Gasteiger partial charge in [0.25, 0.3) is 0 Å². The van der Waals surface area contributed by atoms with Crippen LogP contribution in [-0.4, -0.2) is 34.0 Å². The summed E-state index contributed by atoms with van der Waals surface area (Å²) in [4.78, 5) is 10.5. The number of hydrogen-bond donors (Lipinski definition) is 1. The molecule has 2 fully saturated rings. The van der Waals surface area contributed by atoms with Crippen molar-refractivity contribution in [3.63, 3.8) is 0 Å². The van der Waals surface area contributed by atoms with E-state index < -0.39 is 5.82 Å². The summed E-state index contributed by atoms with van der Waals surface area (Å²) >= 11 is 5.96. The van der Waals surface area contributed by atoms with Crippen molar-refractivity contribution in [2.75, 3.05) is 13.1 Å². The molecular formula is C32H32ClFN4O. The minimum absolute atomic E-state index is 0.0749. The van der Waals surface area contributed by atoms with Gasteiger partial charge >= 0.3 is 0 Å². The van der Waals surface area contributed by atoms with Gasteiger partial charge in [-0.15, -0.1) is 0 Å². The Labute approximate surface area is 233 Å². The first-order valence-corrected chi connectivity index (χ1v) is 14.2. The molecule has 1 N–H and O–H groups in total. The average Bonchev–Trinajstić information content (AvgIpc) is 3.65. The number of halogens is 2. The Morgan fingerprint density at radius 1 is 1.03 bits per heavy atom. The molecular weight excluding hydrogens is 511 g/mol. The van der Waals surface area contributed by atoms with Crippen LogP contribution in [0.4, 0.5) is 4.39 Å². The zero-order valence-electron chi connectivity index (χ0n) is 21.9. The number of piperidine rings is 1. The maximum Gasteiger partial charge on any atom is 0.144 e. The Morgan fingerprint density at radius 2 is 1.79 bits per heavy atom. The lowest BCUT2D eigenvalue weighted by atomic mass is 9.86. The van der Waals surface area contributed by atoms with Crippen LogP contribution in [0, 0.1) is 23.1 Å². The topological polar surface area (TPSA) is 64.9 Å². The predicted octanol–water partition coefficient (Wildman–Crippen LogP) is 7.81. The van der Waals surface area contributed by atoms with E-state index in [4.69, 9.17) is 16.3 Å². The van der Waals surface area contributed by atoms with Crippen molar-refractivity contribution in [1.82, 2.24) is 14.9 Å². The number of hydrogen-bond acceptors (Lipinski definition) is 4. The van der Waals surface area contributed by atoms with Gasteiger partial charge in [-0.2, -0.15) is 5.26 Å². The summed E-state index contributed by atoms with van der Waals surface area (Å²) < 4.78 is 20.5. The molecule has 0 radical (unpaired) electrons. The molecule has 39 heavy (non-hydrogen) atoms. The first kappa shape index (κ1) is 26.0. The van der Waals surface area contributed by atoms with E-state index in [2.05, 4.69) is 45.2 Å². The van der Waals surface area contributed by atoms with Crippen LogP contribution in [0.3, 0.4) is 0 Å². The van der Waals surface area contributed by atoms with Gasteiger partial charge in [-0.25, -0.2) is 9.37 Å². The van der Waals surface area contributed by atoms with E-state index in [0.29, 0.717) is 34.9 Å². The Balaban J connectivity index is 1.22. The van der Waals surface area contributed by atoms with Crippen LogP contribution in [0.1, 0.15) is 61.6 Å². The Kier molecular flexibility index (Phi) is 7.65. The number of nitriles is 1. The number of aromatic nitrogens is 2. The molecule has 0 bridgehead atoms. The normalized spacial score (nSPS) is 18.0. The smallest absolute Gasteiger partial charge is 0.144 e. The molecule has 4 aromatic rings. The van der Waals surface area contributed by atoms with E-state index >= 15 is 0 Å². The van der Waals surface area contributed by atoms with Gasteiger partial charge in [-0.1, -0.05) is 60.8 Å². The van der Waals surface area contributed by atoms with Crippen molar-refractivity contribution >= 4 is 22.6 Å². The Hall–Kier alpha value is -3.24. The second kappa shape index (κ2) is 11.5. The fourth-order valence-corrected chi connectivity index (χ4v) is 6.45. The number of imidazole rings is 1. The minimum Gasteiger partial charge on any atom is -0.365 e. The van der Waals surface area contributed by atoms with Crippen molar-refractivity contribution in [2.45, 2.75) is 57.3 Å². The van der Waals surface area contributed by atoms with Crippen LogP contribution >= 0.6 is 11.6 Å². The van der Waals surface area contributed by atoms with Crippen molar-refractivity contribution in [2.24, 2.45) is 5.92 Å². The van der Waals surface area contributed by atoms with Gasteiger partial charge in [0.1, 0.15) is 18.2 Å². The van der Waals surface area contributed by atoms with Crippen molar-refractivity contribution in [1.29, 1.82) is 5.26 Å². The third kappa shape index (κ3) is 5.72. The molecule has 0 spiro atoms. The maximum absolute atomic E-state index is 13.9. The molecule has 2 heterocycles. The number of rotatable bonds is 7. The quantitative estimate of drug-likeness (QED) is 0.259. The molecule has 1 unspecified atom stereocenters. The van der Waals surface area contributed by atoms with Crippen LogP contribution < -0.4 is 0 Å². The summed E-state index contributed by atoms with van der Waals surface area (Å²) in [6, 6.07) is 22.1. The molecule has 1 atom stereocenters. The number of ether oxygens (including phenoxy) is 1. The summed E-state index contributed by atoms with van der Waals surface area (Å²) in [5, 5.41) is 9.36. The highest BCUT2D eigenvalue weighted by molar-refractivity contribution is 6.31. The third-order valence-corrected chi connectivity index (χ3v) is 8.67. The molecule has 2 aliphatic rings. The van der Waals surface area contributed by atoms with Crippen LogP contribution in [0.2, 0.25) is 5.02 Å². The van der Waals surface area contributed by atoms with Crippen LogP contribution in [0.5, 0.6) is 0 Å². The maximum atomic E-state index is 13.9. The molecule has 200 valence electrons. The zero-order valence-corrected chi connectivity index (χ0v) is 22.6.